The van der Waals surface area contributed by atoms with E-state index in [1.807, 2.05) is 24.4 Å². The minimum atomic E-state index is -0.0381. The van der Waals surface area contributed by atoms with Crippen LogP contribution in [0.5, 0.6) is 0 Å². The summed E-state index contributed by atoms with van der Waals surface area (Å²) in [7, 11) is 0. The Morgan fingerprint density at radius 3 is 2.50 bits per heavy atom. The zero-order valence-electron chi connectivity index (χ0n) is 17.0. The third-order valence-electron chi connectivity index (χ3n) is 6.04. The van der Waals surface area contributed by atoms with Gasteiger partial charge in [0.1, 0.15) is 5.82 Å². The Kier molecular flexibility index (Phi) is 5.36. The van der Waals surface area contributed by atoms with E-state index in [0.29, 0.717) is 18.4 Å². The van der Waals surface area contributed by atoms with Gasteiger partial charge in [-0.15, -0.1) is 0 Å². The van der Waals surface area contributed by atoms with Crippen LogP contribution in [0, 0.1) is 5.92 Å². The fraction of sp³-hybridized carbons (Fsp3) is 0.435. The number of rotatable bonds is 6. The van der Waals surface area contributed by atoms with E-state index in [1.165, 1.54) is 12.8 Å². The molecule has 7 nitrogen and oxygen atoms in total. The average molecular weight is 403 g/mol. The quantitative estimate of drug-likeness (QED) is 0.631. The van der Waals surface area contributed by atoms with Gasteiger partial charge in [0.2, 0.25) is 0 Å². The van der Waals surface area contributed by atoms with Crippen LogP contribution in [-0.4, -0.2) is 42.7 Å². The number of aromatic nitrogens is 5. The van der Waals surface area contributed by atoms with Crippen molar-refractivity contribution >= 4 is 0 Å². The monoisotopic (exact) mass is 402 g/mol. The first-order chi connectivity index (χ1) is 14.7. The molecule has 0 atom stereocenters. The minimum absolute atomic E-state index is 0.0381. The van der Waals surface area contributed by atoms with Gasteiger partial charge in [0.05, 0.1) is 11.4 Å². The van der Waals surface area contributed by atoms with E-state index in [4.69, 9.17) is 4.98 Å². The number of piperidine rings is 1. The van der Waals surface area contributed by atoms with Gasteiger partial charge in [-0.2, -0.15) is 5.10 Å². The van der Waals surface area contributed by atoms with E-state index in [2.05, 4.69) is 20.0 Å². The summed E-state index contributed by atoms with van der Waals surface area (Å²) in [6.07, 6.45) is 9.97. The smallest absolute Gasteiger partial charge is 0.266 e. The number of pyridine rings is 1. The van der Waals surface area contributed by atoms with Gasteiger partial charge in [-0.25, -0.2) is 14.6 Å². The van der Waals surface area contributed by atoms with Crippen molar-refractivity contribution in [3.8, 4) is 11.3 Å². The van der Waals surface area contributed by atoms with Crippen molar-refractivity contribution in [1.29, 1.82) is 0 Å². The van der Waals surface area contributed by atoms with Crippen LogP contribution < -0.4 is 5.56 Å². The van der Waals surface area contributed by atoms with E-state index in [0.717, 1.165) is 55.3 Å². The van der Waals surface area contributed by atoms with Gasteiger partial charge in [0, 0.05) is 49.2 Å². The molecule has 2 fully saturated rings. The Balaban J connectivity index is 1.19. The van der Waals surface area contributed by atoms with E-state index in [1.54, 1.807) is 29.2 Å². The molecule has 0 unspecified atom stereocenters. The molecule has 7 heteroatoms. The predicted molar refractivity (Wildman–Crippen MR) is 114 cm³/mol. The van der Waals surface area contributed by atoms with Crippen molar-refractivity contribution in [2.24, 2.45) is 5.92 Å². The van der Waals surface area contributed by atoms with Crippen LogP contribution in [-0.2, 0) is 13.1 Å². The van der Waals surface area contributed by atoms with Gasteiger partial charge in [-0.3, -0.25) is 14.7 Å². The molecule has 0 radical (unpaired) electrons. The van der Waals surface area contributed by atoms with Crippen LogP contribution in [0.25, 0.3) is 11.3 Å². The summed E-state index contributed by atoms with van der Waals surface area (Å²) in [6.45, 7) is 3.59. The Morgan fingerprint density at radius 2 is 1.73 bits per heavy atom. The largest absolute Gasteiger partial charge is 0.297 e. The molecule has 154 valence electrons. The summed E-state index contributed by atoms with van der Waals surface area (Å²) in [5.74, 6) is 2.07. The maximum atomic E-state index is 12.3. The molecule has 1 aliphatic heterocycles. The van der Waals surface area contributed by atoms with Gasteiger partial charge in [-0.1, -0.05) is 0 Å². The molecule has 1 saturated carbocycles. The molecule has 5 rings (SSSR count). The predicted octanol–water partition coefficient (Wildman–Crippen LogP) is 2.88. The van der Waals surface area contributed by atoms with E-state index >= 15 is 0 Å². The van der Waals surface area contributed by atoms with Crippen LogP contribution >= 0.6 is 0 Å². The second-order valence-corrected chi connectivity index (χ2v) is 8.37. The SMILES string of the molecule is O=c1ccc(-c2ccncc2)nn1CC1CCN(Cc2ccnc(C3CC3)n2)CC1. The van der Waals surface area contributed by atoms with Gasteiger partial charge in [0.15, 0.2) is 0 Å². The molecule has 0 bridgehead atoms. The number of likely N-dealkylation sites (tertiary alicyclic amines) is 1. The van der Waals surface area contributed by atoms with Crippen molar-refractivity contribution in [3.63, 3.8) is 0 Å². The van der Waals surface area contributed by atoms with Gasteiger partial charge >= 0.3 is 0 Å². The summed E-state index contributed by atoms with van der Waals surface area (Å²) in [5.41, 5.74) is 2.87. The first-order valence-corrected chi connectivity index (χ1v) is 10.8. The zero-order valence-corrected chi connectivity index (χ0v) is 17.0. The molecule has 0 aromatic carbocycles. The lowest BCUT2D eigenvalue weighted by molar-refractivity contribution is 0.162. The maximum Gasteiger partial charge on any atom is 0.266 e. The van der Waals surface area contributed by atoms with Crippen LogP contribution in [0.15, 0.2) is 53.7 Å². The number of nitrogens with zero attached hydrogens (tertiary/aromatic N) is 6. The fourth-order valence-electron chi connectivity index (χ4n) is 4.10. The molecule has 0 spiro atoms. The first-order valence-electron chi connectivity index (χ1n) is 10.8. The highest BCUT2D eigenvalue weighted by Gasteiger charge is 2.27. The summed E-state index contributed by atoms with van der Waals surface area (Å²) < 4.78 is 1.63. The number of hydrogen-bond donors (Lipinski definition) is 0. The molecule has 3 aromatic rings. The lowest BCUT2D eigenvalue weighted by Gasteiger charge is -2.31. The van der Waals surface area contributed by atoms with Crippen molar-refractivity contribution in [3.05, 3.63) is 70.8 Å². The molecular formula is C23H26N6O. The van der Waals surface area contributed by atoms with Crippen LogP contribution in [0.1, 0.15) is 43.1 Å². The standard InChI is InChI=1S/C23H26N6O/c30-22-4-3-21(18-5-10-24-11-6-18)27-29(22)15-17-8-13-28(14-9-17)16-20-7-12-25-23(26-20)19-1-2-19/h3-7,10-12,17,19H,1-2,8-9,13-16H2. The van der Waals surface area contributed by atoms with Crippen molar-refractivity contribution in [2.45, 2.75) is 44.7 Å². The molecule has 3 aromatic heterocycles. The molecule has 2 aliphatic rings. The second-order valence-electron chi connectivity index (χ2n) is 8.37. The van der Waals surface area contributed by atoms with E-state index in [9.17, 15) is 4.79 Å². The third kappa shape index (κ3) is 4.46. The van der Waals surface area contributed by atoms with Gasteiger partial charge < -0.3 is 0 Å². The minimum Gasteiger partial charge on any atom is -0.297 e. The Hall–Kier alpha value is -2.93. The molecule has 1 saturated heterocycles. The Morgan fingerprint density at radius 1 is 0.933 bits per heavy atom. The first kappa shape index (κ1) is 19.1. The van der Waals surface area contributed by atoms with Crippen LogP contribution in [0.3, 0.4) is 0 Å². The molecule has 30 heavy (non-hydrogen) atoms. The fourth-order valence-corrected chi connectivity index (χ4v) is 4.10. The topological polar surface area (TPSA) is 76.8 Å². The highest BCUT2D eigenvalue weighted by Crippen LogP contribution is 2.37. The molecule has 0 N–H and O–H groups in total. The van der Waals surface area contributed by atoms with E-state index in [-0.39, 0.29) is 5.56 Å². The molecule has 0 amide bonds. The van der Waals surface area contributed by atoms with Gasteiger partial charge in [0.25, 0.3) is 5.56 Å². The van der Waals surface area contributed by atoms with Crippen LogP contribution in [0.2, 0.25) is 0 Å². The summed E-state index contributed by atoms with van der Waals surface area (Å²) in [4.78, 5) is 28.0. The summed E-state index contributed by atoms with van der Waals surface area (Å²) >= 11 is 0. The summed E-state index contributed by atoms with van der Waals surface area (Å²) in [6, 6.07) is 9.26. The zero-order chi connectivity index (χ0) is 20.3. The Labute approximate surface area is 175 Å². The van der Waals surface area contributed by atoms with E-state index < -0.39 is 0 Å². The second kappa shape index (κ2) is 8.44. The highest BCUT2D eigenvalue weighted by atomic mass is 16.1. The maximum absolute atomic E-state index is 12.3. The Bertz CT molecular complexity index is 1050. The molecule has 4 heterocycles. The lowest BCUT2D eigenvalue weighted by atomic mass is 9.96. The summed E-state index contributed by atoms with van der Waals surface area (Å²) in [5, 5.41) is 4.60. The van der Waals surface area contributed by atoms with Crippen molar-refractivity contribution in [2.75, 3.05) is 13.1 Å². The molecular weight excluding hydrogens is 376 g/mol. The van der Waals surface area contributed by atoms with Crippen LogP contribution in [0.4, 0.5) is 0 Å². The van der Waals surface area contributed by atoms with Crippen molar-refractivity contribution < 1.29 is 0 Å². The normalized spacial score (nSPS) is 17.9. The van der Waals surface area contributed by atoms with Gasteiger partial charge in [-0.05, 0) is 69.0 Å². The molecule has 1 aliphatic carbocycles. The lowest BCUT2D eigenvalue weighted by Crippen LogP contribution is -2.36. The van der Waals surface area contributed by atoms with Crippen molar-refractivity contribution in [1.82, 2.24) is 29.6 Å². The number of hydrogen-bond acceptors (Lipinski definition) is 6. The average Bonchev–Trinajstić information content (AvgIpc) is 3.63. The third-order valence-corrected chi connectivity index (χ3v) is 6.04. The highest BCUT2D eigenvalue weighted by molar-refractivity contribution is 5.56.